The zero-order valence-corrected chi connectivity index (χ0v) is 13.4. The summed E-state index contributed by atoms with van der Waals surface area (Å²) in [6, 6.07) is 7.22. The Morgan fingerprint density at radius 1 is 1.35 bits per heavy atom. The number of ketones is 1. The van der Waals surface area contributed by atoms with E-state index in [2.05, 4.69) is 21.2 Å². The number of nitrogens with one attached hydrogen (secondary N) is 1. The second-order valence-electron chi connectivity index (χ2n) is 5.57. The molecule has 0 bridgehead atoms. The standard InChI is InChI=1S/C16H10BrN3O3/c17-7-1-2-10-8(5-7)16(15(22)20-10)9(6-18)14(19)23-12-4-3-11(21)13(12)16/h1-2,5H,3-4,19H2,(H,20,22). The Labute approximate surface area is 139 Å². The monoisotopic (exact) mass is 371 g/mol. The number of halogens is 1. The third kappa shape index (κ3) is 1.56. The maximum Gasteiger partial charge on any atom is 0.245 e. The number of rotatable bonds is 0. The summed E-state index contributed by atoms with van der Waals surface area (Å²) in [5, 5.41) is 12.4. The second kappa shape index (κ2) is 4.46. The molecule has 114 valence electrons. The van der Waals surface area contributed by atoms with Gasteiger partial charge in [-0.25, -0.2) is 0 Å². The van der Waals surface area contributed by atoms with Crippen LogP contribution in [0.4, 0.5) is 5.69 Å². The van der Waals surface area contributed by atoms with E-state index in [0.29, 0.717) is 23.4 Å². The van der Waals surface area contributed by atoms with Crippen LogP contribution in [0.2, 0.25) is 0 Å². The maximum atomic E-state index is 12.9. The zero-order valence-electron chi connectivity index (χ0n) is 11.8. The highest BCUT2D eigenvalue weighted by Crippen LogP contribution is 2.54. The Bertz CT molecular complexity index is 910. The van der Waals surface area contributed by atoms with Crippen molar-refractivity contribution in [3.63, 3.8) is 0 Å². The average molecular weight is 372 g/mol. The van der Waals surface area contributed by atoms with E-state index in [4.69, 9.17) is 10.5 Å². The van der Waals surface area contributed by atoms with Crippen molar-refractivity contribution >= 4 is 33.3 Å². The Morgan fingerprint density at radius 2 is 2.13 bits per heavy atom. The largest absolute Gasteiger partial charge is 0.444 e. The van der Waals surface area contributed by atoms with Crippen molar-refractivity contribution in [2.45, 2.75) is 18.3 Å². The maximum absolute atomic E-state index is 12.9. The van der Waals surface area contributed by atoms with E-state index in [1.54, 1.807) is 18.2 Å². The molecular formula is C16H10BrN3O3. The molecule has 0 radical (unpaired) electrons. The lowest BCUT2D eigenvalue weighted by molar-refractivity contribution is -0.122. The molecule has 1 aliphatic carbocycles. The van der Waals surface area contributed by atoms with Gasteiger partial charge >= 0.3 is 0 Å². The number of anilines is 1. The fourth-order valence-electron chi connectivity index (χ4n) is 3.56. The number of hydrogen-bond donors (Lipinski definition) is 2. The summed E-state index contributed by atoms with van der Waals surface area (Å²) in [4.78, 5) is 25.4. The van der Waals surface area contributed by atoms with Gasteiger partial charge in [0.2, 0.25) is 11.8 Å². The molecule has 1 aromatic carbocycles. The molecule has 1 unspecified atom stereocenters. The second-order valence-corrected chi connectivity index (χ2v) is 6.48. The van der Waals surface area contributed by atoms with Crippen molar-refractivity contribution in [2.24, 2.45) is 5.73 Å². The van der Waals surface area contributed by atoms with E-state index >= 15 is 0 Å². The van der Waals surface area contributed by atoms with Gasteiger partial charge in [-0.15, -0.1) is 0 Å². The fourth-order valence-corrected chi connectivity index (χ4v) is 3.92. The molecule has 1 spiro atoms. The molecule has 23 heavy (non-hydrogen) atoms. The van der Waals surface area contributed by atoms with Crippen LogP contribution in [0.3, 0.4) is 0 Å². The van der Waals surface area contributed by atoms with E-state index in [1.165, 1.54) is 0 Å². The van der Waals surface area contributed by atoms with Gasteiger partial charge in [0.25, 0.3) is 0 Å². The third-order valence-electron chi connectivity index (χ3n) is 4.45. The number of allylic oxidation sites excluding steroid dienone is 1. The summed E-state index contributed by atoms with van der Waals surface area (Å²) in [7, 11) is 0. The Balaban J connectivity index is 2.14. The van der Waals surface area contributed by atoms with E-state index in [1.807, 2.05) is 6.07 Å². The lowest BCUT2D eigenvalue weighted by Crippen LogP contribution is -2.44. The molecule has 0 aromatic heterocycles. The SMILES string of the molecule is N#CC1=C(N)OC2=C(C(=O)CC2)C12C(=O)Nc1ccc(Br)cc12. The minimum atomic E-state index is -1.51. The number of fused-ring (bicyclic) bond motifs is 3. The first-order chi connectivity index (χ1) is 11.0. The normalized spacial score (nSPS) is 25.2. The number of carbonyl (C=O) groups is 2. The third-order valence-corrected chi connectivity index (χ3v) is 4.95. The molecular weight excluding hydrogens is 362 g/mol. The summed E-state index contributed by atoms with van der Waals surface area (Å²) >= 11 is 3.38. The van der Waals surface area contributed by atoms with Gasteiger partial charge in [-0.05, 0) is 18.2 Å². The summed E-state index contributed by atoms with van der Waals surface area (Å²) in [5.74, 6) is -0.377. The van der Waals surface area contributed by atoms with Crippen LogP contribution >= 0.6 is 15.9 Å². The lowest BCUT2D eigenvalue weighted by Gasteiger charge is -2.32. The molecule has 0 fully saturated rings. The van der Waals surface area contributed by atoms with E-state index in [0.717, 1.165) is 4.47 Å². The summed E-state index contributed by atoms with van der Waals surface area (Å²) < 4.78 is 6.20. The first kappa shape index (κ1) is 14.0. The molecule has 4 rings (SSSR count). The van der Waals surface area contributed by atoms with Crippen LogP contribution in [0.25, 0.3) is 0 Å². The molecule has 0 saturated heterocycles. The molecule has 3 aliphatic rings. The van der Waals surface area contributed by atoms with Crippen LogP contribution in [0, 0.1) is 11.3 Å². The lowest BCUT2D eigenvalue weighted by atomic mass is 9.68. The fraction of sp³-hybridized carbons (Fsp3) is 0.188. The number of nitrogens with two attached hydrogens (primary N) is 1. The Morgan fingerprint density at radius 3 is 2.87 bits per heavy atom. The highest BCUT2D eigenvalue weighted by Gasteiger charge is 2.60. The number of benzene rings is 1. The zero-order chi connectivity index (χ0) is 16.4. The summed E-state index contributed by atoms with van der Waals surface area (Å²) in [5.41, 5.74) is 5.68. The summed E-state index contributed by atoms with van der Waals surface area (Å²) in [6.45, 7) is 0. The van der Waals surface area contributed by atoms with Gasteiger partial charge in [0.15, 0.2) is 5.78 Å². The van der Waals surface area contributed by atoms with Crippen LogP contribution in [0.5, 0.6) is 0 Å². The number of nitrogens with zero attached hydrogens (tertiary/aromatic N) is 1. The van der Waals surface area contributed by atoms with Crippen LogP contribution in [0.1, 0.15) is 18.4 Å². The van der Waals surface area contributed by atoms with E-state index in [-0.39, 0.29) is 29.2 Å². The predicted octanol–water partition coefficient (Wildman–Crippen LogP) is 1.98. The van der Waals surface area contributed by atoms with Gasteiger partial charge < -0.3 is 15.8 Å². The van der Waals surface area contributed by atoms with Crippen molar-refractivity contribution in [3.05, 3.63) is 51.0 Å². The van der Waals surface area contributed by atoms with Gasteiger partial charge in [0, 0.05) is 28.6 Å². The van der Waals surface area contributed by atoms with Crippen LogP contribution in [0.15, 0.2) is 45.5 Å². The molecule has 0 saturated carbocycles. The number of Topliss-reactive ketones (excluding diaryl/α,β-unsaturated/α-hetero) is 1. The Hall–Kier alpha value is -2.59. The van der Waals surface area contributed by atoms with E-state index in [9.17, 15) is 14.9 Å². The molecule has 1 atom stereocenters. The average Bonchev–Trinajstić information content (AvgIpc) is 3.00. The highest BCUT2D eigenvalue weighted by atomic mass is 79.9. The van der Waals surface area contributed by atoms with Crippen molar-refractivity contribution in [1.29, 1.82) is 5.26 Å². The van der Waals surface area contributed by atoms with Crippen molar-refractivity contribution in [3.8, 4) is 6.07 Å². The number of hydrogen-bond acceptors (Lipinski definition) is 5. The number of amides is 1. The quantitative estimate of drug-likeness (QED) is 0.725. The van der Waals surface area contributed by atoms with Gasteiger partial charge in [-0.2, -0.15) is 5.26 Å². The highest BCUT2D eigenvalue weighted by molar-refractivity contribution is 9.10. The minimum absolute atomic E-state index is 0.0409. The van der Waals surface area contributed by atoms with E-state index < -0.39 is 11.3 Å². The number of ether oxygens (including phenoxy) is 1. The smallest absolute Gasteiger partial charge is 0.245 e. The molecule has 7 heteroatoms. The van der Waals surface area contributed by atoms with Gasteiger partial charge in [-0.1, -0.05) is 15.9 Å². The molecule has 2 aliphatic heterocycles. The predicted molar refractivity (Wildman–Crippen MR) is 83.6 cm³/mol. The number of nitriles is 1. The van der Waals surface area contributed by atoms with Gasteiger partial charge in [0.1, 0.15) is 22.8 Å². The molecule has 2 heterocycles. The van der Waals surface area contributed by atoms with Crippen LogP contribution < -0.4 is 11.1 Å². The van der Waals surface area contributed by atoms with Gasteiger partial charge in [0.05, 0.1) is 5.57 Å². The number of carbonyl (C=O) groups excluding carboxylic acids is 2. The van der Waals surface area contributed by atoms with Crippen molar-refractivity contribution in [2.75, 3.05) is 5.32 Å². The molecule has 6 nitrogen and oxygen atoms in total. The summed E-state index contributed by atoms with van der Waals surface area (Å²) in [6.07, 6.45) is 0.626. The van der Waals surface area contributed by atoms with Crippen molar-refractivity contribution < 1.29 is 14.3 Å². The molecule has 3 N–H and O–H groups in total. The van der Waals surface area contributed by atoms with Crippen molar-refractivity contribution in [1.82, 2.24) is 0 Å². The van der Waals surface area contributed by atoms with Crippen LogP contribution in [-0.2, 0) is 19.7 Å². The Kier molecular flexibility index (Phi) is 2.72. The first-order valence-corrected chi connectivity index (χ1v) is 7.76. The topological polar surface area (TPSA) is 105 Å². The molecule has 1 aromatic rings. The minimum Gasteiger partial charge on any atom is -0.444 e. The van der Waals surface area contributed by atoms with Crippen LogP contribution in [-0.4, -0.2) is 11.7 Å². The van der Waals surface area contributed by atoms with Gasteiger partial charge in [-0.3, -0.25) is 9.59 Å². The molecule has 1 amide bonds. The first-order valence-electron chi connectivity index (χ1n) is 6.96.